The number of aromatic amines is 2. The van der Waals surface area contributed by atoms with Crippen LogP contribution in [0.2, 0.25) is 5.15 Å². The van der Waals surface area contributed by atoms with E-state index in [9.17, 15) is 24.3 Å². The van der Waals surface area contributed by atoms with Crippen molar-refractivity contribution in [3.8, 4) is 33.6 Å². The van der Waals surface area contributed by atoms with E-state index >= 15 is 0 Å². The summed E-state index contributed by atoms with van der Waals surface area (Å²) in [5.74, 6) is 0.550. The van der Waals surface area contributed by atoms with Gasteiger partial charge in [-0.2, -0.15) is 0 Å². The predicted molar refractivity (Wildman–Crippen MR) is 221 cm³/mol. The molecule has 58 heavy (non-hydrogen) atoms. The van der Waals surface area contributed by atoms with Gasteiger partial charge in [0.1, 0.15) is 23.7 Å². The molecule has 3 aromatic carbocycles. The van der Waals surface area contributed by atoms with E-state index < -0.39 is 24.3 Å². The fraction of sp³-hybridized carbons (Fsp3) is 0.395. The maximum absolute atomic E-state index is 13.6. The van der Waals surface area contributed by atoms with Gasteiger partial charge in [0.2, 0.25) is 11.8 Å². The van der Waals surface area contributed by atoms with Gasteiger partial charge in [0.25, 0.3) is 0 Å². The van der Waals surface area contributed by atoms with Crippen LogP contribution in [0.3, 0.4) is 0 Å². The van der Waals surface area contributed by atoms with Crippen molar-refractivity contribution in [2.75, 3.05) is 20.2 Å². The summed E-state index contributed by atoms with van der Waals surface area (Å²) >= 11 is 6.69. The van der Waals surface area contributed by atoms with Gasteiger partial charge < -0.3 is 40.2 Å². The normalized spacial score (nSPS) is 17.9. The highest BCUT2D eigenvalue weighted by Crippen LogP contribution is 2.37. The number of nitrogens with zero attached hydrogens (tertiary/aromatic N) is 4. The summed E-state index contributed by atoms with van der Waals surface area (Å²) in [6.45, 7) is 8.52. The zero-order valence-corrected chi connectivity index (χ0v) is 34.0. The number of carbonyl (C=O) groups excluding carboxylic acids is 3. The average molecular weight is 809 g/mol. The number of nitrogens with one attached hydrogen (secondary N) is 4. The van der Waals surface area contributed by atoms with Crippen molar-refractivity contribution in [1.82, 2.24) is 40.4 Å². The van der Waals surface area contributed by atoms with Crippen molar-refractivity contribution >= 4 is 46.4 Å². The number of aromatic nitrogens is 4. The summed E-state index contributed by atoms with van der Waals surface area (Å²) in [6, 6.07) is 18.5. The fourth-order valence-corrected chi connectivity index (χ4v) is 8.37. The lowest BCUT2D eigenvalue weighted by molar-refractivity contribution is -0.136. The topological polar surface area (TPSA) is 186 Å². The number of benzene rings is 3. The van der Waals surface area contributed by atoms with Crippen LogP contribution in [-0.2, 0) is 14.3 Å². The number of halogens is 1. The average Bonchev–Trinajstić information content (AvgIpc) is 4.05. The van der Waals surface area contributed by atoms with Crippen molar-refractivity contribution < 1.29 is 29.0 Å². The van der Waals surface area contributed by atoms with Crippen LogP contribution in [0.25, 0.3) is 44.4 Å². The Bertz CT molecular complexity index is 2320. The van der Waals surface area contributed by atoms with E-state index in [-0.39, 0.29) is 35.7 Å². The van der Waals surface area contributed by atoms with Crippen molar-refractivity contribution in [3.05, 3.63) is 83.7 Å². The molecule has 2 aliphatic heterocycles. The zero-order chi connectivity index (χ0) is 41.2. The first-order valence-electron chi connectivity index (χ1n) is 19.7. The quantitative estimate of drug-likeness (QED) is 0.0890. The van der Waals surface area contributed by atoms with Gasteiger partial charge in [0.05, 0.1) is 30.6 Å². The van der Waals surface area contributed by atoms with Gasteiger partial charge in [-0.05, 0) is 71.6 Å². The number of methoxy groups -OCH3 is 1. The molecule has 2 saturated heterocycles. The number of fused-ring (bicyclic) bond motifs is 1. The number of alkyl carbamates (subject to hydrolysis) is 1. The lowest BCUT2D eigenvalue weighted by Crippen LogP contribution is -2.51. The molecule has 2 fully saturated rings. The Labute approximate surface area is 341 Å². The molecule has 0 unspecified atom stereocenters. The van der Waals surface area contributed by atoms with Crippen LogP contribution in [0.5, 0.6) is 0 Å². The lowest BCUT2D eigenvalue weighted by atomic mass is 9.98. The highest BCUT2D eigenvalue weighted by molar-refractivity contribution is 6.32. The smallest absolute Gasteiger partial charge is 0.407 e. The number of carboxylic acid groups (broad SMARTS) is 1. The first-order chi connectivity index (χ1) is 27.8. The highest BCUT2D eigenvalue weighted by Gasteiger charge is 2.39. The minimum Gasteiger partial charge on any atom is -0.465 e. The van der Waals surface area contributed by atoms with E-state index in [1.54, 1.807) is 9.80 Å². The van der Waals surface area contributed by atoms with Gasteiger partial charge in [-0.3, -0.25) is 9.59 Å². The van der Waals surface area contributed by atoms with Gasteiger partial charge in [0, 0.05) is 30.4 Å². The Balaban J connectivity index is 1.04. The molecule has 0 saturated carbocycles. The van der Waals surface area contributed by atoms with Crippen molar-refractivity contribution in [3.63, 3.8) is 0 Å². The lowest BCUT2D eigenvalue weighted by Gasteiger charge is -2.29. The zero-order valence-electron chi connectivity index (χ0n) is 33.2. The molecular formula is C43H49ClN8O6. The second-order valence-electron chi connectivity index (χ2n) is 15.7. The molecule has 0 radical (unpaired) electrons. The van der Waals surface area contributed by atoms with E-state index in [1.807, 2.05) is 64.2 Å². The van der Waals surface area contributed by atoms with Crippen molar-refractivity contribution in [2.45, 2.75) is 77.5 Å². The molecular weight excluding hydrogens is 760 g/mol. The number of imidazole rings is 2. The molecule has 15 heteroatoms. The molecule has 7 rings (SSSR count). The summed E-state index contributed by atoms with van der Waals surface area (Å²) in [6.07, 6.45) is 3.07. The first kappa shape index (κ1) is 40.3. The Morgan fingerprint density at radius 3 is 1.88 bits per heavy atom. The summed E-state index contributed by atoms with van der Waals surface area (Å²) < 4.78 is 4.76. The van der Waals surface area contributed by atoms with Crippen molar-refractivity contribution in [2.24, 2.45) is 11.8 Å². The molecule has 2 aliphatic rings. The molecule has 2 aromatic heterocycles. The monoisotopic (exact) mass is 808 g/mol. The molecule has 0 spiro atoms. The molecule has 5 aromatic rings. The molecule has 0 bridgehead atoms. The van der Waals surface area contributed by atoms with E-state index in [2.05, 4.69) is 55.9 Å². The van der Waals surface area contributed by atoms with Gasteiger partial charge in [-0.25, -0.2) is 19.6 Å². The largest absolute Gasteiger partial charge is 0.465 e. The Morgan fingerprint density at radius 1 is 0.759 bits per heavy atom. The van der Waals surface area contributed by atoms with Crippen LogP contribution in [-0.4, -0.2) is 91.1 Å². The van der Waals surface area contributed by atoms with Crippen LogP contribution in [0.4, 0.5) is 9.59 Å². The number of rotatable bonds is 11. The molecule has 4 atom stereocenters. The number of hydrogen-bond donors (Lipinski definition) is 5. The molecule has 4 amide bonds. The standard InChI is InChI=1S/C43H49ClN8O6/c1-23(2)34(48-42(55)56)40(53)51-18-6-8-32(51)38-45-22-31(46-38)30-17-16-28-20-27(14-15-29(28)21-30)25-10-12-26(13-11-25)36-37(44)50-39(47-36)33-9-7-19-52(33)41(54)35(24(3)4)49-43(57)58-5/h10-17,20-24,32-35,48H,6-9,18-19H2,1-5H3,(H,45,46)(H,47,50)(H,49,57)(H,55,56)/t32-,33-,34-,35-/m0/s1. The van der Waals surface area contributed by atoms with E-state index in [0.29, 0.717) is 35.6 Å². The third kappa shape index (κ3) is 8.24. The third-order valence-electron chi connectivity index (χ3n) is 11.2. The Hall–Kier alpha value is -5.89. The number of amides is 4. The summed E-state index contributed by atoms with van der Waals surface area (Å²) in [5.41, 5.74) is 5.32. The Morgan fingerprint density at radius 2 is 1.29 bits per heavy atom. The van der Waals surface area contributed by atoms with Crippen LogP contribution in [0.1, 0.15) is 77.1 Å². The van der Waals surface area contributed by atoms with Crippen LogP contribution >= 0.6 is 11.6 Å². The van der Waals surface area contributed by atoms with E-state index in [1.165, 1.54) is 7.11 Å². The maximum atomic E-state index is 13.6. The van der Waals surface area contributed by atoms with Crippen LogP contribution < -0.4 is 10.6 Å². The third-order valence-corrected chi connectivity index (χ3v) is 11.5. The van der Waals surface area contributed by atoms with Gasteiger partial charge in [-0.15, -0.1) is 0 Å². The van der Waals surface area contributed by atoms with Gasteiger partial charge in [0.15, 0.2) is 5.15 Å². The Kier molecular flexibility index (Phi) is 11.8. The maximum Gasteiger partial charge on any atom is 0.407 e. The molecule has 4 heterocycles. The number of likely N-dealkylation sites (tertiary alicyclic amines) is 2. The van der Waals surface area contributed by atoms with Crippen molar-refractivity contribution in [1.29, 1.82) is 0 Å². The molecule has 0 aliphatic carbocycles. The van der Waals surface area contributed by atoms with Gasteiger partial charge >= 0.3 is 12.2 Å². The predicted octanol–water partition coefficient (Wildman–Crippen LogP) is 7.94. The molecule has 5 N–H and O–H groups in total. The van der Waals surface area contributed by atoms with Crippen LogP contribution in [0, 0.1) is 11.8 Å². The minimum absolute atomic E-state index is 0.136. The summed E-state index contributed by atoms with van der Waals surface area (Å²) in [7, 11) is 1.28. The fourth-order valence-electron chi connectivity index (χ4n) is 8.12. The summed E-state index contributed by atoms with van der Waals surface area (Å²) in [4.78, 5) is 70.1. The summed E-state index contributed by atoms with van der Waals surface area (Å²) in [5, 5.41) is 16.8. The number of hydrogen-bond acceptors (Lipinski definition) is 7. The highest BCUT2D eigenvalue weighted by atomic mass is 35.5. The SMILES string of the molecule is COC(=O)N[C@H](C(=O)N1CCC[C@H]1c1nc(Cl)c(-c2ccc(-c3ccc4cc(-c5c[nH]c([C@@H]6CCCN6C(=O)[C@@H](NC(=O)O)C(C)C)n5)ccc4c3)cc2)[nH]1)C(C)C. The van der Waals surface area contributed by atoms with Gasteiger partial charge in [-0.1, -0.05) is 87.8 Å². The van der Waals surface area contributed by atoms with E-state index in [4.69, 9.17) is 21.3 Å². The first-order valence-corrected chi connectivity index (χ1v) is 20.1. The second-order valence-corrected chi connectivity index (χ2v) is 16.1. The van der Waals surface area contributed by atoms with E-state index in [0.717, 1.165) is 64.4 Å². The van der Waals surface area contributed by atoms with Crippen LogP contribution in [0.15, 0.2) is 66.9 Å². The number of carbonyl (C=O) groups is 4. The molecule has 304 valence electrons. The minimum atomic E-state index is -1.22. The number of H-pyrrole nitrogens is 2. The molecule has 14 nitrogen and oxygen atoms in total. The second kappa shape index (κ2) is 16.9. The number of ether oxygens (including phenoxy) is 1.